The van der Waals surface area contributed by atoms with E-state index in [9.17, 15) is 4.79 Å². The maximum Gasteiger partial charge on any atom is 0.230 e. The van der Waals surface area contributed by atoms with Crippen LogP contribution >= 0.6 is 11.8 Å². The molecule has 1 amide bonds. The minimum atomic E-state index is 0.0709. The van der Waals surface area contributed by atoms with Gasteiger partial charge in [0, 0.05) is 6.04 Å². The van der Waals surface area contributed by atoms with E-state index < -0.39 is 0 Å². The van der Waals surface area contributed by atoms with Crippen LogP contribution in [0.3, 0.4) is 0 Å². The van der Waals surface area contributed by atoms with Crippen LogP contribution in [0.2, 0.25) is 0 Å². The Morgan fingerprint density at radius 3 is 2.48 bits per heavy atom. The zero-order chi connectivity index (χ0) is 16.0. The summed E-state index contributed by atoms with van der Waals surface area (Å²) >= 11 is 1.32. The third kappa shape index (κ3) is 2.95. The standard InChI is InChI=1S/C16H25N5OS/c1-9(18-13(22)8-23-15-19-14(17)20-21-15)16-5-10-2-11(6-16)4-12(3-10)7-16/h9-12H,2-8H2,1H3,(H,18,22)(H3,17,19,20,21)/t9-,10?,11?,12?,16?/m1/s1. The number of aromatic nitrogens is 3. The van der Waals surface area contributed by atoms with Crippen LogP contribution in [-0.2, 0) is 4.79 Å². The van der Waals surface area contributed by atoms with E-state index in [0.29, 0.717) is 16.3 Å². The molecule has 4 aliphatic carbocycles. The van der Waals surface area contributed by atoms with Crippen molar-refractivity contribution in [2.24, 2.45) is 23.2 Å². The van der Waals surface area contributed by atoms with Crippen molar-refractivity contribution in [3.63, 3.8) is 0 Å². The molecule has 0 unspecified atom stereocenters. The van der Waals surface area contributed by atoms with Crippen LogP contribution in [0.15, 0.2) is 5.16 Å². The molecule has 4 aliphatic rings. The number of nitrogens with zero attached hydrogens (tertiary/aromatic N) is 2. The molecule has 4 N–H and O–H groups in total. The zero-order valence-corrected chi connectivity index (χ0v) is 14.4. The highest BCUT2D eigenvalue weighted by atomic mass is 32.2. The van der Waals surface area contributed by atoms with Gasteiger partial charge >= 0.3 is 0 Å². The summed E-state index contributed by atoms with van der Waals surface area (Å²) in [6.07, 6.45) is 8.23. The average molecular weight is 335 g/mol. The molecule has 1 aromatic rings. The highest BCUT2D eigenvalue weighted by Crippen LogP contribution is 2.61. The van der Waals surface area contributed by atoms with Gasteiger partial charge in [0.15, 0.2) is 0 Å². The van der Waals surface area contributed by atoms with Gasteiger partial charge in [-0.3, -0.25) is 4.79 Å². The number of amides is 1. The molecule has 4 fully saturated rings. The molecular formula is C16H25N5OS. The quantitative estimate of drug-likeness (QED) is 0.717. The number of anilines is 1. The van der Waals surface area contributed by atoms with Gasteiger partial charge in [0.1, 0.15) is 0 Å². The predicted octanol–water partition coefficient (Wildman–Crippen LogP) is 2.20. The Hall–Kier alpha value is -1.24. The summed E-state index contributed by atoms with van der Waals surface area (Å²) in [6, 6.07) is 0.265. The normalized spacial score (nSPS) is 36.1. The van der Waals surface area contributed by atoms with Gasteiger partial charge in [-0.05, 0) is 68.6 Å². The number of H-pyrrole nitrogens is 1. The first-order valence-electron chi connectivity index (χ1n) is 8.62. The van der Waals surface area contributed by atoms with Crippen molar-refractivity contribution in [3.05, 3.63) is 0 Å². The van der Waals surface area contributed by atoms with Crippen LogP contribution in [-0.4, -0.2) is 32.9 Å². The number of thioether (sulfide) groups is 1. The first-order chi connectivity index (χ1) is 11.0. The molecule has 0 spiro atoms. The Bertz CT molecular complexity index is 566. The van der Waals surface area contributed by atoms with Crippen LogP contribution in [0.5, 0.6) is 0 Å². The SMILES string of the molecule is C[C@@H](NC(=O)CSc1n[nH]c(N)n1)C12CC3CC(CC(C3)C1)C2. The first kappa shape index (κ1) is 15.3. The molecule has 23 heavy (non-hydrogen) atoms. The van der Waals surface area contributed by atoms with Crippen molar-refractivity contribution in [1.29, 1.82) is 0 Å². The lowest BCUT2D eigenvalue weighted by Crippen LogP contribution is -2.56. The lowest BCUT2D eigenvalue weighted by atomic mass is 9.48. The molecule has 0 aromatic carbocycles. The summed E-state index contributed by atoms with van der Waals surface area (Å²) in [5, 5.41) is 10.3. The molecule has 5 rings (SSSR count). The second-order valence-corrected chi connectivity index (χ2v) is 8.80. The molecule has 1 heterocycles. The van der Waals surface area contributed by atoms with Crippen molar-refractivity contribution in [2.75, 3.05) is 11.5 Å². The van der Waals surface area contributed by atoms with Crippen LogP contribution in [0.25, 0.3) is 0 Å². The van der Waals surface area contributed by atoms with Gasteiger partial charge in [-0.1, -0.05) is 11.8 Å². The van der Waals surface area contributed by atoms with Crippen LogP contribution in [0, 0.1) is 23.2 Å². The topological polar surface area (TPSA) is 96.7 Å². The Morgan fingerprint density at radius 1 is 1.35 bits per heavy atom. The predicted molar refractivity (Wildman–Crippen MR) is 89.7 cm³/mol. The first-order valence-corrected chi connectivity index (χ1v) is 9.61. The highest BCUT2D eigenvalue weighted by Gasteiger charge is 2.53. The van der Waals surface area contributed by atoms with Crippen molar-refractivity contribution < 1.29 is 4.79 Å². The smallest absolute Gasteiger partial charge is 0.230 e. The highest BCUT2D eigenvalue weighted by molar-refractivity contribution is 7.99. The van der Waals surface area contributed by atoms with Gasteiger partial charge in [-0.25, -0.2) is 5.10 Å². The number of carbonyl (C=O) groups is 1. The minimum absolute atomic E-state index is 0.0709. The molecule has 1 aromatic heterocycles. The Labute approximate surface area is 140 Å². The zero-order valence-electron chi connectivity index (χ0n) is 13.5. The second kappa shape index (κ2) is 5.69. The maximum absolute atomic E-state index is 12.3. The fourth-order valence-corrected chi connectivity index (χ4v) is 6.21. The van der Waals surface area contributed by atoms with Crippen molar-refractivity contribution >= 4 is 23.6 Å². The summed E-state index contributed by atoms with van der Waals surface area (Å²) in [4.78, 5) is 16.3. The summed E-state index contributed by atoms with van der Waals surface area (Å²) < 4.78 is 0. The van der Waals surface area contributed by atoms with E-state index in [2.05, 4.69) is 27.4 Å². The molecule has 126 valence electrons. The van der Waals surface area contributed by atoms with Gasteiger partial charge in [0.2, 0.25) is 17.0 Å². The number of aromatic amines is 1. The van der Waals surface area contributed by atoms with E-state index in [4.69, 9.17) is 5.73 Å². The molecule has 0 saturated heterocycles. The number of hydrogen-bond acceptors (Lipinski definition) is 5. The third-order valence-corrected chi connectivity index (χ3v) is 7.04. The molecule has 4 saturated carbocycles. The summed E-state index contributed by atoms with van der Waals surface area (Å²) in [6.45, 7) is 2.21. The van der Waals surface area contributed by atoms with E-state index in [1.807, 2.05) is 0 Å². The molecule has 7 heteroatoms. The van der Waals surface area contributed by atoms with Crippen LogP contribution in [0.4, 0.5) is 5.95 Å². The lowest BCUT2D eigenvalue weighted by Gasteiger charge is -2.59. The average Bonchev–Trinajstić information content (AvgIpc) is 2.89. The van der Waals surface area contributed by atoms with Crippen molar-refractivity contribution in [3.8, 4) is 0 Å². The van der Waals surface area contributed by atoms with E-state index in [1.165, 1.54) is 50.3 Å². The molecule has 1 atom stereocenters. The molecule has 0 aliphatic heterocycles. The van der Waals surface area contributed by atoms with Crippen molar-refractivity contribution in [1.82, 2.24) is 20.5 Å². The summed E-state index contributed by atoms with van der Waals surface area (Å²) in [5.41, 5.74) is 5.84. The number of nitrogens with one attached hydrogen (secondary N) is 2. The van der Waals surface area contributed by atoms with Gasteiger partial charge in [0.05, 0.1) is 5.75 Å². The van der Waals surface area contributed by atoms with E-state index in [-0.39, 0.29) is 17.9 Å². The molecule has 0 radical (unpaired) electrons. The van der Waals surface area contributed by atoms with E-state index in [0.717, 1.165) is 17.8 Å². The fraction of sp³-hybridized carbons (Fsp3) is 0.812. The largest absolute Gasteiger partial charge is 0.368 e. The van der Waals surface area contributed by atoms with Gasteiger partial charge in [-0.15, -0.1) is 5.10 Å². The third-order valence-electron chi connectivity index (χ3n) is 6.20. The van der Waals surface area contributed by atoms with Gasteiger partial charge < -0.3 is 11.1 Å². The van der Waals surface area contributed by atoms with Crippen LogP contribution < -0.4 is 11.1 Å². The molecular weight excluding hydrogens is 310 g/mol. The Balaban J connectivity index is 1.34. The maximum atomic E-state index is 12.3. The summed E-state index contributed by atoms with van der Waals surface area (Å²) in [5.74, 6) is 3.42. The molecule has 6 nitrogen and oxygen atoms in total. The number of nitrogen functional groups attached to an aromatic ring is 1. The van der Waals surface area contributed by atoms with E-state index >= 15 is 0 Å². The van der Waals surface area contributed by atoms with Gasteiger partial charge in [0.25, 0.3) is 0 Å². The Morgan fingerprint density at radius 2 is 1.96 bits per heavy atom. The van der Waals surface area contributed by atoms with Crippen molar-refractivity contribution in [2.45, 2.75) is 56.6 Å². The van der Waals surface area contributed by atoms with Gasteiger partial charge in [-0.2, -0.15) is 4.98 Å². The number of nitrogens with two attached hydrogens (primary N) is 1. The van der Waals surface area contributed by atoms with E-state index in [1.54, 1.807) is 0 Å². The monoisotopic (exact) mass is 335 g/mol. The number of carbonyl (C=O) groups excluding carboxylic acids is 1. The second-order valence-electron chi connectivity index (χ2n) is 7.86. The lowest BCUT2D eigenvalue weighted by molar-refractivity contribution is -0.123. The molecule has 4 bridgehead atoms. The summed E-state index contributed by atoms with van der Waals surface area (Å²) in [7, 11) is 0. The number of rotatable bonds is 5. The van der Waals surface area contributed by atoms with Crippen LogP contribution in [0.1, 0.15) is 45.4 Å². The Kier molecular flexibility index (Phi) is 3.78. The minimum Gasteiger partial charge on any atom is -0.368 e. The fourth-order valence-electron chi connectivity index (χ4n) is 5.60. The number of hydrogen-bond donors (Lipinski definition) is 3.